The molecule has 134 valence electrons. The van der Waals surface area contributed by atoms with Gasteiger partial charge in [0.15, 0.2) is 0 Å². The summed E-state index contributed by atoms with van der Waals surface area (Å²) >= 11 is 0. The van der Waals surface area contributed by atoms with Crippen molar-refractivity contribution in [1.29, 1.82) is 0 Å². The Bertz CT molecular complexity index is 723. The van der Waals surface area contributed by atoms with Crippen LogP contribution in [-0.4, -0.2) is 42.1 Å². The van der Waals surface area contributed by atoms with E-state index in [1.54, 1.807) is 7.11 Å². The molecule has 5 heteroatoms. The van der Waals surface area contributed by atoms with Crippen LogP contribution in [0.1, 0.15) is 31.1 Å². The Balaban J connectivity index is 1.85. The normalized spacial score (nSPS) is 17.4. The number of hydrogen-bond acceptors (Lipinski definition) is 3. The van der Waals surface area contributed by atoms with Crippen molar-refractivity contribution in [2.24, 2.45) is 5.92 Å². The Kier molecular flexibility index (Phi) is 5.43. The van der Waals surface area contributed by atoms with Gasteiger partial charge in [-0.1, -0.05) is 26.0 Å². The lowest BCUT2D eigenvalue weighted by atomic mass is 9.99. The van der Waals surface area contributed by atoms with Gasteiger partial charge in [0.25, 0.3) is 0 Å². The van der Waals surface area contributed by atoms with E-state index in [0.29, 0.717) is 19.0 Å². The van der Waals surface area contributed by atoms with E-state index in [1.165, 1.54) is 5.69 Å². The minimum atomic E-state index is 0.0589. The molecular weight excluding hydrogens is 314 g/mol. The topological polar surface area (TPSA) is 46.5 Å². The van der Waals surface area contributed by atoms with E-state index in [0.717, 1.165) is 24.4 Å². The Labute approximate surface area is 149 Å². The van der Waals surface area contributed by atoms with Crippen LogP contribution >= 0.6 is 0 Å². The van der Waals surface area contributed by atoms with Crippen molar-refractivity contribution in [3.8, 4) is 5.75 Å². The fourth-order valence-corrected chi connectivity index (χ4v) is 3.35. The number of methoxy groups -OCH3 is 1. The molecule has 1 aromatic heterocycles. The molecule has 25 heavy (non-hydrogen) atoms. The monoisotopic (exact) mass is 341 g/mol. The van der Waals surface area contributed by atoms with Gasteiger partial charge in [-0.05, 0) is 35.7 Å². The van der Waals surface area contributed by atoms with Crippen LogP contribution in [0, 0.1) is 5.92 Å². The quantitative estimate of drug-likeness (QED) is 0.879. The fourth-order valence-electron chi connectivity index (χ4n) is 3.35. The second-order valence-electron chi connectivity index (χ2n) is 6.97. The lowest BCUT2D eigenvalue weighted by Crippen LogP contribution is -2.44. The summed E-state index contributed by atoms with van der Waals surface area (Å²) < 4.78 is 7.66. The van der Waals surface area contributed by atoms with Crippen molar-refractivity contribution in [3.63, 3.8) is 0 Å². The van der Waals surface area contributed by atoms with E-state index in [4.69, 9.17) is 4.74 Å². The van der Waals surface area contributed by atoms with Crippen LogP contribution in [0.4, 0.5) is 0 Å². The highest BCUT2D eigenvalue weighted by molar-refractivity contribution is 5.78. The highest BCUT2D eigenvalue weighted by Crippen LogP contribution is 2.33. The number of ether oxygens (including phenoxy) is 1. The van der Waals surface area contributed by atoms with Crippen LogP contribution in [0.2, 0.25) is 0 Å². The molecule has 0 spiro atoms. The predicted molar refractivity (Wildman–Crippen MR) is 98.7 cm³/mol. The van der Waals surface area contributed by atoms with Crippen molar-refractivity contribution in [1.82, 2.24) is 14.8 Å². The molecule has 1 aliphatic heterocycles. The molecule has 2 heterocycles. The number of fused-ring (bicyclic) bond motifs is 1. The molecule has 0 unspecified atom stereocenters. The van der Waals surface area contributed by atoms with E-state index in [2.05, 4.69) is 59.1 Å². The van der Waals surface area contributed by atoms with Crippen LogP contribution < -0.4 is 10.1 Å². The summed E-state index contributed by atoms with van der Waals surface area (Å²) in [5, 5.41) is 3.03. The molecular formula is C20H27N3O2. The van der Waals surface area contributed by atoms with Crippen molar-refractivity contribution in [2.75, 3.05) is 26.7 Å². The molecule has 3 rings (SSSR count). The third-order valence-corrected chi connectivity index (χ3v) is 4.60. The summed E-state index contributed by atoms with van der Waals surface area (Å²) in [6.45, 7) is 7.08. The number of carbonyl (C=O) groups excluding carboxylic acids is 1. The Morgan fingerprint density at radius 3 is 2.88 bits per heavy atom. The zero-order valence-electron chi connectivity index (χ0n) is 15.2. The van der Waals surface area contributed by atoms with E-state index in [9.17, 15) is 4.79 Å². The van der Waals surface area contributed by atoms with Crippen molar-refractivity contribution in [3.05, 3.63) is 53.9 Å². The first-order chi connectivity index (χ1) is 12.1. The molecule has 0 bridgehead atoms. The maximum absolute atomic E-state index is 12.4. The highest BCUT2D eigenvalue weighted by Gasteiger charge is 2.30. The van der Waals surface area contributed by atoms with Gasteiger partial charge in [0.1, 0.15) is 5.75 Å². The molecule has 5 nitrogen and oxygen atoms in total. The van der Waals surface area contributed by atoms with Crippen molar-refractivity contribution < 1.29 is 9.53 Å². The van der Waals surface area contributed by atoms with E-state index in [-0.39, 0.29) is 11.9 Å². The number of rotatable bonds is 6. The van der Waals surface area contributed by atoms with Gasteiger partial charge in [0.05, 0.1) is 19.7 Å². The zero-order chi connectivity index (χ0) is 17.8. The number of amides is 1. The van der Waals surface area contributed by atoms with Crippen LogP contribution in [0.3, 0.4) is 0 Å². The summed E-state index contributed by atoms with van der Waals surface area (Å²) in [6.07, 6.45) is 2.11. The number of nitrogens with zero attached hydrogens (tertiary/aromatic N) is 2. The molecule has 1 amide bonds. The number of benzene rings is 1. The van der Waals surface area contributed by atoms with Crippen LogP contribution in [0.15, 0.2) is 42.6 Å². The second kappa shape index (κ2) is 7.74. The summed E-state index contributed by atoms with van der Waals surface area (Å²) in [4.78, 5) is 14.6. The first-order valence-electron chi connectivity index (χ1n) is 8.88. The Morgan fingerprint density at radius 2 is 2.12 bits per heavy atom. The molecule has 1 aromatic carbocycles. The third-order valence-electron chi connectivity index (χ3n) is 4.60. The maximum atomic E-state index is 12.4. The largest absolute Gasteiger partial charge is 0.497 e. The Morgan fingerprint density at radius 1 is 1.28 bits per heavy atom. The van der Waals surface area contributed by atoms with E-state index in [1.807, 2.05) is 12.1 Å². The number of carbonyl (C=O) groups is 1. The zero-order valence-corrected chi connectivity index (χ0v) is 15.2. The average Bonchev–Trinajstić information content (AvgIpc) is 3.08. The molecule has 0 saturated carbocycles. The first-order valence-corrected chi connectivity index (χ1v) is 8.88. The first kappa shape index (κ1) is 17.5. The molecule has 1 atom stereocenters. The van der Waals surface area contributed by atoms with Crippen LogP contribution in [-0.2, 0) is 11.3 Å². The standard InChI is InChI=1S/C20H27N3O2/c1-15(2)13-21-19(24)14-23-11-10-22-9-5-8-18(22)20(23)16-6-4-7-17(12-16)25-3/h4-9,12,15,20H,10-11,13-14H2,1-3H3,(H,21,24)/t20-/m1/s1. The molecule has 0 radical (unpaired) electrons. The summed E-state index contributed by atoms with van der Waals surface area (Å²) in [5.74, 6) is 1.38. The number of aromatic nitrogens is 1. The smallest absolute Gasteiger partial charge is 0.234 e. The predicted octanol–water partition coefficient (Wildman–Crippen LogP) is 2.67. The van der Waals surface area contributed by atoms with Gasteiger partial charge < -0.3 is 14.6 Å². The van der Waals surface area contributed by atoms with Crippen molar-refractivity contribution in [2.45, 2.75) is 26.4 Å². The van der Waals surface area contributed by atoms with Crippen LogP contribution in [0.5, 0.6) is 5.75 Å². The maximum Gasteiger partial charge on any atom is 0.234 e. The van der Waals surface area contributed by atoms with Gasteiger partial charge in [0.2, 0.25) is 5.91 Å². The second-order valence-corrected chi connectivity index (χ2v) is 6.97. The molecule has 1 aliphatic rings. The SMILES string of the molecule is COc1cccc([C@@H]2c3cccn3CCN2CC(=O)NCC(C)C)c1. The van der Waals surface area contributed by atoms with Gasteiger partial charge in [-0.3, -0.25) is 9.69 Å². The summed E-state index contributed by atoms with van der Waals surface area (Å²) in [5.41, 5.74) is 2.37. The number of nitrogens with one attached hydrogen (secondary N) is 1. The van der Waals surface area contributed by atoms with Gasteiger partial charge >= 0.3 is 0 Å². The molecule has 1 N–H and O–H groups in total. The summed E-state index contributed by atoms with van der Waals surface area (Å²) in [7, 11) is 1.68. The third kappa shape index (κ3) is 4.04. The molecule has 2 aromatic rings. The minimum Gasteiger partial charge on any atom is -0.497 e. The van der Waals surface area contributed by atoms with Crippen molar-refractivity contribution >= 4 is 5.91 Å². The minimum absolute atomic E-state index is 0.0589. The molecule has 0 saturated heterocycles. The average molecular weight is 341 g/mol. The van der Waals surface area contributed by atoms with Gasteiger partial charge in [-0.2, -0.15) is 0 Å². The highest BCUT2D eigenvalue weighted by atomic mass is 16.5. The van der Waals surface area contributed by atoms with E-state index < -0.39 is 0 Å². The Hall–Kier alpha value is -2.27. The molecule has 0 fully saturated rings. The van der Waals surface area contributed by atoms with Gasteiger partial charge in [-0.15, -0.1) is 0 Å². The van der Waals surface area contributed by atoms with Gasteiger partial charge in [-0.25, -0.2) is 0 Å². The lowest BCUT2D eigenvalue weighted by Gasteiger charge is -2.37. The molecule has 0 aliphatic carbocycles. The fraction of sp³-hybridized carbons (Fsp3) is 0.450. The van der Waals surface area contributed by atoms with E-state index >= 15 is 0 Å². The lowest BCUT2D eigenvalue weighted by molar-refractivity contribution is -0.123. The summed E-state index contributed by atoms with van der Waals surface area (Å²) in [6, 6.07) is 12.4. The van der Waals surface area contributed by atoms with Gasteiger partial charge in [0, 0.05) is 31.5 Å². The van der Waals surface area contributed by atoms with Crippen LogP contribution in [0.25, 0.3) is 0 Å². The number of hydrogen-bond donors (Lipinski definition) is 1.